The zero-order valence-electron chi connectivity index (χ0n) is 8.82. The van der Waals surface area contributed by atoms with E-state index in [0.717, 1.165) is 0 Å². The van der Waals surface area contributed by atoms with Crippen molar-refractivity contribution in [2.24, 2.45) is 0 Å². The minimum absolute atomic E-state index is 0.428. The number of hydrogen-bond donors (Lipinski definition) is 0. The molecule has 0 saturated heterocycles. The molecule has 0 amide bonds. The van der Waals surface area contributed by atoms with Gasteiger partial charge in [0, 0.05) is 6.07 Å². The Morgan fingerprint density at radius 1 is 1.22 bits per heavy atom. The van der Waals surface area contributed by atoms with Crippen LogP contribution in [0.2, 0.25) is 10.0 Å². The summed E-state index contributed by atoms with van der Waals surface area (Å²) in [6.45, 7) is 0. The van der Waals surface area contributed by atoms with Crippen LogP contribution < -0.4 is 0 Å². The van der Waals surface area contributed by atoms with Crippen LogP contribution in [0.15, 0.2) is 39.5 Å². The number of oxazole rings is 1. The fourth-order valence-corrected chi connectivity index (χ4v) is 2.28. The van der Waals surface area contributed by atoms with Gasteiger partial charge in [-0.15, -0.1) is 0 Å². The summed E-state index contributed by atoms with van der Waals surface area (Å²) in [7, 11) is 0. The molecule has 0 N–H and O–H groups in total. The van der Waals surface area contributed by atoms with E-state index in [1.807, 2.05) is 0 Å². The van der Waals surface area contributed by atoms with E-state index in [4.69, 9.17) is 27.6 Å². The largest absolute Gasteiger partial charge is 0.436 e. The highest BCUT2D eigenvalue weighted by molar-refractivity contribution is 9.10. The molecule has 3 aromatic rings. The summed E-state index contributed by atoms with van der Waals surface area (Å²) in [5.41, 5.74) is 1.98. The van der Waals surface area contributed by atoms with E-state index >= 15 is 0 Å². The molecule has 2 aromatic heterocycles. The Bertz CT molecular complexity index is 742. The van der Waals surface area contributed by atoms with Crippen LogP contribution in [0, 0.1) is 0 Å². The van der Waals surface area contributed by atoms with Crippen LogP contribution in [0.4, 0.5) is 0 Å². The Labute approximate surface area is 121 Å². The van der Waals surface area contributed by atoms with Crippen molar-refractivity contribution in [1.82, 2.24) is 9.97 Å². The molecule has 18 heavy (non-hydrogen) atoms. The molecule has 0 radical (unpaired) electrons. The molecule has 6 heteroatoms. The third-order valence-corrected chi connectivity index (χ3v) is 3.68. The number of hydrogen-bond acceptors (Lipinski definition) is 3. The molecule has 0 aliphatic heterocycles. The monoisotopic (exact) mass is 342 g/mol. The molecule has 0 bridgehead atoms. The maximum absolute atomic E-state index is 6.13. The zero-order chi connectivity index (χ0) is 12.7. The molecule has 2 heterocycles. The van der Waals surface area contributed by atoms with Gasteiger partial charge >= 0.3 is 0 Å². The molecule has 0 aliphatic carbocycles. The average Bonchev–Trinajstić information content (AvgIpc) is 2.75. The second kappa shape index (κ2) is 4.53. The van der Waals surface area contributed by atoms with Gasteiger partial charge in [0.15, 0.2) is 5.58 Å². The third-order valence-electron chi connectivity index (χ3n) is 2.42. The van der Waals surface area contributed by atoms with Gasteiger partial charge in [-0.1, -0.05) is 29.3 Å². The van der Waals surface area contributed by atoms with E-state index in [9.17, 15) is 0 Å². The van der Waals surface area contributed by atoms with Crippen molar-refractivity contribution in [2.75, 3.05) is 0 Å². The topological polar surface area (TPSA) is 38.9 Å². The van der Waals surface area contributed by atoms with Gasteiger partial charge in [-0.25, -0.2) is 9.97 Å². The molecule has 3 nitrogen and oxygen atoms in total. The van der Waals surface area contributed by atoms with Crippen molar-refractivity contribution in [3.05, 3.63) is 45.1 Å². The van der Waals surface area contributed by atoms with E-state index in [1.165, 1.54) is 0 Å². The molecule has 0 unspecified atom stereocenters. The van der Waals surface area contributed by atoms with Gasteiger partial charge in [-0.2, -0.15) is 0 Å². The van der Waals surface area contributed by atoms with Gasteiger partial charge in [-0.3, -0.25) is 0 Å². The van der Waals surface area contributed by atoms with Crippen LogP contribution in [-0.2, 0) is 0 Å². The third kappa shape index (κ3) is 2.00. The van der Waals surface area contributed by atoms with Gasteiger partial charge in [0.25, 0.3) is 0 Å². The fourth-order valence-electron chi connectivity index (χ4n) is 1.59. The van der Waals surface area contributed by atoms with Crippen LogP contribution in [0.5, 0.6) is 0 Å². The first-order valence-electron chi connectivity index (χ1n) is 5.01. The summed E-state index contributed by atoms with van der Waals surface area (Å²) >= 11 is 15.4. The summed E-state index contributed by atoms with van der Waals surface area (Å²) in [5, 5.41) is 0.897. The van der Waals surface area contributed by atoms with Gasteiger partial charge in [0.05, 0.1) is 21.8 Å². The Balaban J connectivity index is 2.22. The van der Waals surface area contributed by atoms with Gasteiger partial charge < -0.3 is 4.42 Å². The number of pyridine rings is 1. The quantitative estimate of drug-likeness (QED) is 0.586. The van der Waals surface area contributed by atoms with Crippen LogP contribution in [-0.4, -0.2) is 9.97 Å². The minimum Gasteiger partial charge on any atom is -0.436 e. The van der Waals surface area contributed by atoms with Gasteiger partial charge in [0.2, 0.25) is 5.89 Å². The molecule has 1 aromatic carbocycles. The highest BCUT2D eigenvalue weighted by Crippen LogP contribution is 2.34. The van der Waals surface area contributed by atoms with E-state index in [2.05, 4.69) is 25.9 Å². The average molecular weight is 344 g/mol. The second-order valence-electron chi connectivity index (χ2n) is 3.60. The first-order valence-corrected chi connectivity index (χ1v) is 6.56. The number of halogens is 3. The van der Waals surface area contributed by atoms with Crippen molar-refractivity contribution in [2.45, 2.75) is 0 Å². The Morgan fingerprint density at radius 3 is 2.89 bits per heavy atom. The SMILES string of the molecule is Clc1cccc(-c2nc3cnc(Br)cc3o2)c1Cl. The molecule has 0 fully saturated rings. The lowest BCUT2D eigenvalue weighted by Gasteiger charge is -2.00. The highest BCUT2D eigenvalue weighted by atomic mass is 79.9. The summed E-state index contributed by atoms with van der Waals surface area (Å²) in [6.07, 6.45) is 1.63. The Kier molecular flexibility index (Phi) is 3.01. The van der Waals surface area contributed by atoms with Crippen LogP contribution >= 0.6 is 39.1 Å². The maximum Gasteiger partial charge on any atom is 0.228 e. The maximum atomic E-state index is 6.13. The predicted octanol–water partition coefficient (Wildman–Crippen LogP) is 4.96. The van der Waals surface area contributed by atoms with Gasteiger partial charge in [-0.05, 0) is 28.1 Å². The normalized spacial score (nSPS) is 11.1. The first-order chi connectivity index (χ1) is 8.65. The van der Waals surface area contributed by atoms with Crippen LogP contribution in [0.1, 0.15) is 0 Å². The van der Waals surface area contributed by atoms with E-state index in [0.29, 0.717) is 37.2 Å². The Morgan fingerprint density at radius 2 is 2.06 bits per heavy atom. The number of aromatic nitrogens is 2. The molecular formula is C12H5BrCl2N2O. The molecule has 0 aliphatic rings. The van der Waals surface area contributed by atoms with Crippen LogP contribution in [0.3, 0.4) is 0 Å². The van der Waals surface area contributed by atoms with Crippen molar-refractivity contribution < 1.29 is 4.42 Å². The molecule has 90 valence electrons. The minimum atomic E-state index is 0.428. The molecule has 3 rings (SSSR count). The van der Waals surface area contributed by atoms with E-state index in [1.54, 1.807) is 30.5 Å². The lowest BCUT2D eigenvalue weighted by molar-refractivity contribution is 0.619. The smallest absolute Gasteiger partial charge is 0.228 e. The summed E-state index contributed by atoms with van der Waals surface area (Å²) in [6, 6.07) is 7.08. The lowest BCUT2D eigenvalue weighted by atomic mass is 10.2. The van der Waals surface area contributed by atoms with Crippen molar-refractivity contribution in [3.8, 4) is 11.5 Å². The first kappa shape index (κ1) is 12.0. The number of nitrogens with zero attached hydrogens (tertiary/aromatic N) is 2. The molecule has 0 atom stereocenters. The molecular weight excluding hydrogens is 339 g/mol. The second-order valence-corrected chi connectivity index (χ2v) is 5.19. The van der Waals surface area contributed by atoms with Gasteiger partial charge in [0.1, 0.15) is 10.1 Å². The molecule has 0 spiro atoms. The summed E-state index contributed by atoms with van der Waals surface area (Å²) < 4.78 is 6.34. The Hall–Kier alpha value is -1.10. The summed E-state index contributed by atoms with van der Waals surface area (Å²) in [5.74, 6) is 0.428. The predicted molar refractivity (Wildman–Crippen MR) is 75.0 cm³/mol. The lowest BCUT2D eigenvalue weighted by Crippen LogP contribution is -1.80. The van der Waals surface area contributed by atoms with Crippen molar-refractivity contribution >= 4 is 50.2 Å². The van der Waals surface area contributed by atoms with Crippen molar-refractivity contribution in [3.63, 3.8) is 0 Å². The zero-order valence-corrected chi connectivity index (χ0v) is 11.9. The summed E-state index contributed by atoms with van der Waals surface area (Å²) in [4.78, 5) is 8.42. The highest BCUT2D eigenvalue weighted by Gasteiger charge is 2.13. The van der Waals surface area contributed by atoms with E-state index in [-0.39, 0.29) is 0 Å². The number of fused-ring (bicyclic) bond motifs is 1. The fraction of sp³-hybridized carbons (Fsp3) is 0. The standard InChI is InChI=1S/C12H5BrCl2N2O/c13-10-4-9-8(5-16-10)17-12(18-9)6-2-1-3-7(14)11(6)15/h1-5H. The molecule has 0 saturated carbocycles. The number of rotatable bonds is 1. The van der Waals surface area contributed by atoms with E-state index < -0.39 is 0 Å². The van der Waals surface area contributed by atoms with Crippen LogP contribution in [0.25, 0.3) is 22.6 Å². The van der Waals surface area contributed by atoms with Crippen molar-refractivity contribution in [1.29, 1.82) is 0 Å². The number of benzene rings is 1.